The summed E-state index contributed by atoms with van der Waals surface area (Å²) in [6.07, 6.45) is 4.58. The Morgan fingerprint density at radius 1 is 0.800 bits per heavy atom. The molecular formula is C18H22O2. The van der Waals surface area contributed by atoms with E-state index >= 15 is 0 Å². The first-order chi connectivity index (χ1) is 9.86. The van der Waals surface area contributed by atoms with Crippen molar-refractivity contribution in [3.8, 4) is 5.75 Å². The Kier molecular flexibility index (Phi) is 6.12. The summed E-state index contributed by atoms with van der Waals surface area (Å²) >= 11 is 0. The van der Waals surface area contributed by atoms with Crippen molar-refractivity contribution in [2.45, 2.75) is 32.3 Å². The number of aryl methyl sites for hydroxylation is 1. The van der Waals surface area contributed by atoms with E-state index in [0.29, 0.717) is 12.4 Å². The summed E-state index contributed by atoms with van der Waals surface area (Å²) in [5.41, 5.74) is 2.26. The first-order valence-corrected chi connectivity index (χ1v) is 7.25. The molecule has 0 bridgehead atoms. The lowest BCUT2D eigenvalue weighted by Gasteiger charge is -2.06. The van der Waals surface area contributed by atoms with E-state index in [1.807, 2.05) is 18.2 Å². The molecule has 0 heterocycles. The van der Waals surface area contributed by atoms with Crippen LogP contribution in [0.25, 0.3) is 0 Å². The zero-order valence-corrected chi connectivity index (χ0v) is 11.8. The number of para-hydroxylation sites is 1. The molecule has 2 aromatic carbocycles. The molecule has 2 heteroatoms. The van der Waals surface area contributed by atoms with Gasteiger partial charge in [-0.05, 0) is 30.9 Å². The zero-order valence-electron chi connectivity index (χ0n) is 11.8. The zero-order chi connectivity index (χ0) is 14.0. The molecule has 0 amide bonds. The van der Waals surface area contributed by atoms with Gasteiger partial charge in [-0.3, -0.25) is 0 Å². The molecule has 0 spiro atoms. The van der Waals surface area contributed by atoms with E-state index in [1.54, 1.807) is 6.07 Å². The minimum Gasteiger partial charge on any atom is -0.508 e. The Balaban J connectivity index is 1.53. The largest absolute Gasteiger partial charge is 0.508 e. The van der Waals surface area contributed by atoms with Crippen LogP contribution in [0.4, 0.5) is 0 Å². The number of ether oxygens (including phenoxy) is 1. The van der Waals surface area contributed by atoms with Gasteiger partial charge in [0.25, 0.3) is 0 Å². The summed E-state index contributed by atoms with van der Waals surface area (Å²) in [4.78, 5) is 0. The second-order valence-electron chi connectivity index (χ2n) is 4.98. The molecule has 2 nitrogen and oxygen atoms in total. The van der Waals surface area contributed by atoms with Crippen LogP contribution in [0.2, 0.25) is 0 Å². The van der Waals surface area contributed by atoms with Crippen LogP contribution in [0.1, 0.15) is 30.4 Å². The predicted octanol–water partition coefficient (Wildman–Crippen LogP) is 4.32. The van der Waals surface area contributed by atoms with Crippen LogP contribution in [0.5, 0.6) is 5.75 Å². The highest BCUT2D eigenvalue weighted by Gasteiger charge is 1.99. The Bertz CT molecular complexity index is 494. The molecule has 1 N–H and O–H groups in total. The first kappa shape index (κ1) is 14.6. The minimum absolute atomic E-state index is 0.316. The predicted molar refractivity (Wildman–Crippen MR) is 81.8 cm³/mol. The van der Waals surface area contributed by atoms with E-state index in [9.17, 15) is 5.11 Å². The fourth-order valence-corrected chi connectivity index (χ4v) is 2.17. The molecular weight excluding hydrogens is 248 g/mol. The van der Waals surface area contributed by atoms with Gasteiger partial charge in [-0.15, -0.1) is 0 Å². The molecule has 0 aromatic heterocycles. The highest BCUT2D eigenvalue weighted by atomic mass is 16.5. The van der Waals surface area contributed by atoms with Crippen LogP contribution < -0.4 is 0 Å². The highest BCUT2D eigenvalue weighted by molar-refractivity contribution is 5.30. The Morgan fingerprint density at radius 3 is 2.35 bits per heavy atom. The van der Waals surface area contributed by atoms with Crippen LogP contribution in [0, 0.1) is 0 Å². The second kappa shape index (κ2) is 8.39. The molecule has 0 unspecified atom stereocenters. The molecule has 0 atom stereocenters. The van der Waals surface area contributed by atoms with Gasteiger partial charge in [0.2, 0.25) is 0 Å². The first-order valence-electron chi connectivity index (χ1n) is 7.25. The molecule has 0 radical (unpaired) electrons. The standard InChI is InChI=1S/C18H22O2/c19-18-13-7-6-12-17(18)15-20-14-8-2-5-11-16-9-3-1-4-10-16/h1,3-4,6-7,9-10,12-13,19H,2,5,8,11,14-15H2. The van der Waals surface area contributed by atoms with Gasteiger partial charge in [0.1, 0.15) is 5.75 Å². The third-order valence-electron chi connectivity index (χ3n) is 3.35. The van der Waals surface area contributed by atoms with Gasteiger partial charge in [0.05, 0.1) is 6.61 Å². The molecule has 0 saturated carbocycles. The summed E-state index contributed by atoms with van der Waals surface area (Å²) in [7, 11) is 0. The quantitative estimate of drug-likeness (QED) is 0.724. The van der Waals surface area contributed by atoms with Gasteiger partial charge in [-0.2, -0.15) is 0 Å². The number of phenolic OH excluding ortho intramolecular Hbond substituents is 1. The van der Waals surface area contributed by atoms with Gasteiger partial charge in [0.15, 0.2) is 0 Å². The maximum Gasteiger partial charge on any atom is 0.121 e. The lowest BCUT2D eigenvalue weighted by molar-refractivity contribution is 0.115. The molecule has 106 valence electrons. The van der Waals surface area contributed by atoms with Crippen LogP contribution in [0.3, 0.4) is 0 Å². The van der Waals surface area contributed by atoms with Crippen molar-refractivity contribution in [2.24, 2.45) is 0 Å². The van der Waals surface area contributed by atoms with E-state index in [2.05, 4.69) is 30.3 Å². The molecule has 20 heavy (non-hydrogen) atoms. The number of rotatable bonds is 8. The van der Waals surface area contributed by atoms with Crippen molar-refractivity contribution in [3.05, 3.63) is 65.7 Å². The summed E-state index contributed by atoms with van der Waals surface area (Å²) in [6, 6.07) is 17.9. The van der Waals surface area contributed by atoms with Crippen molar-refractivity contribution in [1.82, 2.24) is 0 Å². The molecule has 0 aliphatic rings. The van der Waals surface area contributed by atoms with E-state index in [1.165, 1.54) is 18.4 Å². The van der Waals surface area contributed by atoms with Gasteiger partial charge in [-0.1, -0.05) is 55.0 Å². The van der Waals surface area contributed by atoms with Crippen LogP contribution >= 0.6 is 0 Å². The molecule has 2 rings (SSSR count). The van der Waals surface area contributed by atoms with Crippen LogP contribution in [-0.2, 0) is 17.8 Å². The smallest absolute Gasteiger partial charge is 0.121 e. The average molecular weight is 270 g/mol. The number of unbranched alkanes of at least 4 members (excludes halogenated alkanes) is 2. The van der Waals surface area contributed by atoms with E-state index in [-0.39, 0.29) is 0 Å². The Hall–Kier alpha value is -1.80. The third kappa shape index (κ3) is 5.06. The monoisotopic (exact) mass is 270 g/mol. The Labute approximate surface area is 121 Å². The van der Waals surface area contributed by atoms with Gasteiger partial charge >= 0.3 is 0 Å². The van der Waals surface area contributed by atoms with E-state index in [0.717, 1.165) is 25.0 Å². The van der Waals surface area contributed by atoms with Crippen molar-refractivity contribution < 1.29 is 9.84 Å². The number of hydrogen-bond acceptors (Lipinski definition) is 2. The third-order valence-corrected chi connectivity index (χ3v) is 3.35. The molecule has 2 aromatic rings. The van der Waals surface area contributed by atoms with Crippen molar-refractivity contribution in [3.63, 3.8) is 0 Å². The van der Waals surface area contributed by atoms with Crippen molar-refractivity contribution in [2.75, 3.05) is 6.61 Å². The lowest BCUT2D eigenvalue weighted by atomic mass is 10.1. The molecule has 0 saturated heterocycles. The second-order valence-corrected chi connectivity index (χ2v) is 4.98. The van der Waals surface area contributed by atoms with E-state index < -0.39 is 0 Å². The fourth-order valence-electron chi connectivity index (χ4n) is 2.17. The lowest BCUT2D eigenvalue weighted by Crippen LogP contribution is -1.96. The van der Waals surface area contributed by atoms with Crippen molar-refractivity contribution >= 4 is 0 Å². The maximum atomic E-state index is 9.60. The SMILES string of the molecule is Oc1ccccc1COCCCCCc1ccccc1. The summed E-state index contributed by atoms with van der Waals surface area (Å²) in [6.45, 7) is 1.24. The Morgan fingerprint density at radius 2 is 1.55 bits per heavy atom. The molecule has 0 aliphatic heterocycles. The molecule has 0 fully saturated rings. The summed E-state index contributed by atoms with van der Waals surface area (Å²) < 4.78 is 5.59. The van der Waals surface area contributed by atoms with Gasteiger partial charge < -0.3 is 9.84 Å². The van der Waals surface area contributed by atoms with Gasteiger partial charge in [0, 0.05) is 12.2 Å². The fraction of sp³-hybridized carbons (Fsp3) is 0.333. The van der Waals surface area contributed by atoms with Gasteiger partial charge in [-0.25, -0.2) is 0 Å². The maximum absolute atomic E-state index is 9.60. The number of benzene rings is 2. The normalized spacial score (nSPS) is 10.6. The number of aromatic hydroxyl groups is 1. The number of phenols is 1. The average Bonchev–Trinajstić information content (AvgIpc) is 2.49. The minimum atomic E-state index is 0.316. The van der Waals surface area contributed by atoms with E-state index in [4.69, 9.17) is 4.74 Å². The molecule has 0 aliphatic carbocycles. The summed E-state index contributed by atoms with van der Waals surface area (Å²) in [5, 5.41) is 9.60. The topological polar surface area (TPSA) is 29.5 Å². The summed E-state index contributed by atoms with van der Waals surface area (Å²) in [5.74, 6) is 0.316. The van der Waals surface area contributed by atoms with Crippen LogP contribution in [-0.4, -0.2) is 11.7 Å². The highest BCUT2D eigenvalue weighted by Crippen LogP contribution is 2.16. The number of hydrogen-bond donors (Lipinski definition) is 1. The van der Waals surface area contributed by atoms with Crippen LogP contribution in [0.15, 0.2) is 54.6 Å². The van der Waals surface area contributed by atoms with Crippen molar-refractivity contribution in [1.29, 1.82) is 0 Å².